The molecule has 1 N–H and O–H groups in total. The molecule has 0 amide bonds. The molecule has 14 heavy (non-hydrogen) atoms. The summed E-state index contributed by atoms with van der Waals surface area (Å²) in [5, 5.41) is 5.56. The third kappa shape index (κ3) is 1.56. The second kappa shape index (κ2) is 3.44. The van der Waals surface area contributed by atoms with Crippen molar-refractivity contribution in [2.45, 2.75) is 43.9 Å². The largest absolute Gasteiger partial charge is 0.362 e. The molecule has 0 spiro atoms. The molecule has 3 heteroatoms. The zero-order valence-electron chi connectivity index (χ0n) is 8.70. The summed E-state index contributed by atoms with van der Waals surface area (Å²) >= 11 is 1.92. The molecule has 3 aliphatic rings. The van der Waals surface area contributed by atoms with Crippen LogP contribution in [-0.4, -0.2) is 23.0 Å². The first kappa shape index (κ1) is 9.08. The van der Waals surface area contributed by atoms with Crippen LogP contribution in [0.5, 0.6) is 0 Å². The maximum atomic E-state index is 4.53. The first-order valence-electron chi connectivity index (χ1n) is 5.79. The average Bonchev–Trinajstić information content (AvgIpc) is 2.82. The quantitative estimate of drug-likeness (QED) is 0.718. The second-order valence-electron chi connectivity index (χ2n) is 5.00. The molecular weight excluding hydrogens is 192 g/mol. The minimum atomic E-state index is 0.691. The number of fused-ring (bicyclic) bond motifs is 2. The fourth-order valence-corrected chi connectivity index (χ4v) is 4.04. The highest BCUT2D eigenvalue weighted by Gasteiger charge is 2.40. The topological polar surface area (TPSA) is 24.4 Å². The van der Waals surface area contributed by atoms with Gasteiger partial charge in [0.25, 0.3) is 0 Å². The van der Waals surface area contributed by atoms with Crippen LogP contribution in [-0.2, 0) is 0 Å². The van der Waals surface area contributed by atoms with Gasteiger partial charge in [-0.1, -0.05) is 25.1 Å². The highest BCUT2D eigenvalue weighted by molar-refractivity contribution is 8.14. The van der Waals surface area contributed by atoms with E-state index in [1.54, 1.807) is 0 Å². The SMILES string of the molecule is CC1CN=C(NC2CC3CCC2C3)S1. The Hall–Kier alpha value is -0.180. The standard InChI is InChI=1S/C11H18N2S/c1-7-6-12-11(14-7)13-10-5-8-2-3-9(10)4-8/h7-10H,2-6H2,1H3,(H,12,13). The van der Waals surface area contributed by atoms with Crippen molar-refractivity contribution in [3.05, 3.63) is 0 Å². The van der Waals surface area contributed by atoms with E-state index in [1.165, 1.54) is 30.9 Å². The minimum absolute atomic E-state index is 0.691. The van der Waals surface area contributed by atoms with Crippen molar-refractivity contribution in [2.24, 2.45) is 16.8 Å². The lowest BCUT2D eigenvalue weighted by molar-refractivity contribution is 0.392. The summed E-state index contributed by atoms with van der Waals surface area (Å²) in [5.41, 5.74) is 0. The van der Waals surface area contributed by atoms with Crippen LogP contribution in [0.25, 0.3) is 0 Å². The van der Waals surface area contributed by atoms with Crippen LogP contribution in [0, 0.1) is 11.8 Å². The zero-order chi connectivity index (χ0) is 9.54. The maximum Gasteiger partial charge on any atom is 0.157 e. The summed E-state index contributed by atoms with van der Waals surface area (Å²) in [5.74, 6) is 1.99. The van der Waals surface area contributed by atoms with Crippen molar-refractivity contribution in [3.63, 3.8) is 0 Å². The molecular formula is C11H18N2S. The Morgan fingerprint density at radius 3 is 2.86 bits per heavy atom. The molecule has 2 saturated carbocycles. The number of aliphatic imine (C=N–C) groups is 1. The molecule has 0 radical (unpaired) electrons. The van der Waals surface area contributed by atoms with Gasteiger partial charge in [0.2, 0.25) is 0 Å². The molecule has 2 fully saturated rings. The van der Waals surface area contributed by atoms with Gasteiger partial charge >= 0.3 is 0 Å². The Bertz CT molecular complexity index is 264. The maximum absolute atomic E-state index is 4.53. The Morgan fingerprint density at radius 1 is 1.36 bits per heavy atom. The molecule has 78 valence electrons. The monoisotopic (exact) mass is 210 g/mol. The van der Waals surface area contributed by atoms with Gasteiger partial charge in [0, 0.05) is 11.3 Å². The molecule has 2 nitrogen and oxygen atoms in total. The van der Waals surface area contributed by atoms with Crippen LogP contribution >= 0.6 is 11.8 Å². The number of nitrogens with zero attached hydrogens (tertiary/aromatic N) is 1. The second-order valence-corrected chi connectivity index (χ2v) is 6.43. The Balaban J connectivity index is 1.58. The minimum Gasteiger partial charge on any atom is -0.362 e. The summed E-state index contributed by atoms with van der Waals surface area (Å²) in [6.45, 7) is 3.26. The fourth-order valence-electron chi connectivity index (χ4n) is 3.14. The van der Waals surface area contributed by atoms with Gasteiger partial charge in [-0.25, -0.2) is 0 Å². The number of hydrogen-bond donors (Lipinski definition) is 1. The predicted octanol–water partition coefficient (Wildman–Crippen LogP) is 2.26. The first-order valence-corrected chi connectivity index (χ1v) is 6.67. The summed E-state index contributed by atoms with van der Waals surface area (Å²) in [4.78, 5) is 4.53. The lowest BCUT2D eigenvalue weighted by atomic mass is 9.96. The van der Waals surface area contributed by atoms with Gasteiger partial charge in [-0.15, -0.1) is 0 Å². The average molecular weight is 210 g/mol. The number of rotatable bonds is 1. The van der Waals surface area contributed by atoms with Crippen molar-refractivity contribution in [1.82, 2.24) is 5.32 Å². The molecule has 0 saturated heterocycles. The molecule has 0 aromatic heterocycles. The van der Waals surface area contributed by atoms with E-state index in [0.717, 1.165) is 24.4 Å². The van der Waals surface area contributed by atoms with E-state index in [4.69, 9.17) is 0 Å². The Labute approximate surface area is 89.9 Å². The highest BCUT2D eigenvalue weighted by atomic mass is 32.2. The lowest BCUT2D eigenvalue weighted by Gasteiger charge is -2.23. The fraction of sp³-hybridized carbons (Fsp3) is 0.909. The molecule has 0 aromatic rings. The van der Waals surface area contributed by atoms with Gasteiger partial charge in [0.15, 0.2) is 5.17 Å². The summed E-state index contributed by atoms with van der Waals surface area (Å²) in [7, 11) is 0. The van der Waals surface area contributed by atoms with E-state index in [0.29, 0.717) is 5.25 Å². The first-order chi connectivity index (χ1) is 6.81. The predicted molar refractivity (Wildman–Crippen MR) is 61.7 cm³/mol. The van der Waals surface area contributed by atoms with Crippen molar-refractivity contribution in [3.8, 4) is 0 Å². The van der Waals surface area contributed by atoms with Crippen LogP contribution in [0.4, 0.5) is 0 Å². The smallest absolute Gasteiger partial charge is 0.157 e. The van der Waals surface area contributed by atoms with Gasteiger partial charge in [-0.2, -0.15) is 0 Å². The molecule has 1 aliphatic heterocycles. The van der Waals surface area contributed by atoms with E-state index < -0.39 is 0 Å². The molecule has 3 rings (SSSR count). The van der Waals surface area contributed by atoms with E-state index in [2.05, 4.69) is 17.2 Å². The Morgan fingerprint density at radius 2 is 2.29 bits per heavy atom. The van der Waals surface area contributed by atoms with E-state index in [9.17, 15) is 0 Å². The lowest BCUT2D eigenvalue weighted by Crippen LogP contribution is -2.36. The van der Waals surface area contributed by atoms with Crippen LogP contribution in [0.1, 0.15) is 32.6 Å². The van der Waals surface area contributed by atoms with Crippen LogP contribution in [0.2, 0.25) is 0 Å². The van der Waals surface area contributed by atoms with Gasteiger partial charge in [-0.3, -0.25) is 4.99 Å². The summed E-state index contributed by atoms with van der Waals surface area (Å²) in [6.07, 6.45) is 5.82. The number of nitrogens with one attached hydrogen (secondary N) is 1. The van der Waals surface area contributed by atoms with Gasteiger partial charge in [-0.05, 0) is 31.1 Å². The van der Waals surface area contributed by atoms with E-state index >= 15 is 0 Å². The van der Waals surface area contributed by atoms with Crippen LogP contribution in [0.3, 0.4) is 0 Å². The summed E-state index contributed by atoms with van der Waals surface area (Å²) < 4.78 is 0. The van der Waals surface area contributed by atoms with E-state index in [-0.39, 0.29) is 0 Å². The third-order valence-corrected chi connectivity index (χ3v) is 4.87. The van der Waals surface area contributed by atoms with Gasteiger partial charge in [0.1, 0.15) is 0 Å². The number of hydrogen-bond acceptors (Lipinski definition) is 3. The highest BCUT2D eigenvalue weighted by Crippen LogP contribution is 2.44. The molecule has 1 heterocycles. The Kier molecular flexibility index (Phi) is 2.23. The van der Waals surface area contributed by atoms with Crippen LogP contribution < -0.4 is 5.32 Å². The van der Waals surface area contributed by atoms with Crippen molar-refractivity contribution in [1.29, 1.82) is 0 Å². The van der Waals surface area contributed by atoms with Crippen molar-refractivity contribution < 1.29 is 0 Å². The molecule has 0 aromatic carbocycles. The zero-order valence-corrected chi connectivity index (χ0v) is 9.52. The van der Waals surface area contributed by atoms with E-state index in [1.807, 2.05) is 11.8 Å². The molecule has 2 aliphatic carbocycles. The van der Waals surface area contributed by atoms with Crippen molar-refractivity contribution >= 4 is 16.9 Å². The van der Waals surface area contributed by atoms with Crippen molar-refractivity contribution in [2.75, 3.05) is 6.54 Å². The van der Waals surface area contributed by atoms with Gasteiger partial charge in [0.05, 0.1) is 6.54 Å². The third-order valence-electron chi connectivity index (χ3n) is 3.85. The summed E-state index contributed by atoms with van der Waals surface area (Å²) in [6, 6.07) is 0.755. The molecule has 4 atom stereocenters. The molecule has 4 unspecified atom stereocenters. The molecule has 2 bridgehead atoms. The number of amidine groups is 1. The van der Waals surface area contributed by atoms with Crippen LogP contribution in [0.15, 0.2) is 4.99 Å². The van der Waals surface area contributed by atoms with Gasteiger partial charge < -0.3 is 5.32 Å². The number of thioether (sulfide) groups is 1. The normalized spacial score (nSPS) is 45.6.